The zero-order valence-corrected chi connectivity index (χ0v) is 11.3. The monoisotopic (exact) mass is 283 g/mol. The highest BCUT2D eigenvalue weighted by Crippen LogP contribution is 2.19. The quantitative estimate of drug-likeness (QED) is 0.844. The molecule has 110 valence electrons. The van der Waals surface area contributed by atoms with Crippen molar-refractivity contribution >= 4 is 5.91 Å². The molecule has 0 aliphatic carbocycles. The van der Waals surface area contributed by atoms with Crippen molar-refractivity contribution in [2.24, 2.45) is 5.92 Å². The number of halogens is 2. The van der Waals surface area contributed by atoms with E-state index >= 15 is 0 Å². The Morgan fingerprint density at radius 3 is 2.75 bits per heavy atom. The molecular formula is C15H19F2NO2. The minimum absolute atomic E-state index is 0.113. The van der Waals surface area contributed by atoms with Crippen LogP contribution in [0.25, 0.3) is 0 Å². The molecule has 1 saturated heterocycles. The Bertz CT molecular complexity index is 459. The highest BCUT2D eigenvalue weighted by molar-refractivity contribution is 5.94. The smallest absolute Gasteiger partial charge is 0.254 e. The Kier molecular flexibility index (Phi) is 5.47. The predicted octanol–water partition coefficient (Wildman–Crippen LogP) is 2.90. The molecule has 1 aliphatic heterocycles. The third-order valence-electron chi connectivity index (χ3n) is 3.59. The molecule has 0 atom stereocenters. The molecule has 1 amide bonds. The Labute approximate surface area is 117 Å². The Morgan fingerprint density at radius 2 is 2.05 bits per heavy atom. The zero-order chi connectivity index (χ0) is 14.4. The standard InChI is InChI=1S/C15H19F2NO2/c16-12-3-4-13(14(17)10-12)15(19)18-7-1-2-11-5-8-20-9-6-11/h3-4,10-11H,1-2,5-9H2,(H,18,19). The van der Waals surface area contributed by atoms with E-state index in [4.69, 9.17) is 4.74 Å². The number of rotatable bonds is 5. The number of benzene rings is 1. The van der Waals surface area contributed by atoms with E-state index in [1.807, 2.05) is 0 Å². The van der Waals surface area contributed by atoms with Crippen LogP contribution in [0.4, 0.5) is 8.78 Å². The van der Waals surface area contributed by atoms with Crippen molar-refractivity contribution in [3.05, 3.63) is 35.4 Å². The largest absolute Gasteiger partial charge is 0.381 e. The highest BCUT2D eigenvalue weighted by atomic mass is 19.1. The van der Waals surface area contributed by atoms with Gasteiger partial charge in [0.25, 0.3) is 5.91 Å². The average molecular weight is 283 g/mol. The van der Waals surface area contributed by atoms with E-state index in [0.717, 1.165) is 51.0 Å². The lowest BCUT2D eigenvalue weighted by Crippen LogP contribution is -2.26. The van der Waals surface area contributed by atoms with Gasteiger partial charge in [0.05, 0.1) is 5.56 Å². The molecule has 2 rings (SSSR count). The summed E-state index contributed by atoms with van der Waals surface area (Å²) >= 11 is 0. The van der Waals surface area contributed by atoms with Crippen molar-refractivity contribution in [2.45, 2.75) is 25.7 Å². The van der Waals surface area contributed by atoms with Crippen molar-refractivity contribution in [3.63, 3.8) is 0 Å². The van der Waals surface area contributed by atoms with Crippen LogP contribution in [0, 0.1) is 17.6 Å². The fraction of sp³-hybridized carbons (Fsp3) is 0.533. The number of carbonyl (C=O) groups is 1. The Hall–Kier alpha value is -1.49. The number of amides is 1. The van der Waals surface area contributed by atoms with Gasteiger partial charge in [-0.05, 0) is 43.7 Å². The third-order valence-corrected chi connectivity index (χ3v) is 3.59. The van der Waals surface area contributed by atoms with Crippen LogP contribution in [-0.4, -0.2) is 25.7 Å². The summed E-state index contributed by atoms with van der Waals surface area (Å²) in [6.07, 6.45) is 4.04. The van der Waals surface area contributed by atoms with E-state index in [0.29, 0.717) is 12.5 Å². The zero-order valence-electron chi connectivity index (χ0n) is 11.3. The molecule has 5 heteroatoms. The van der Waals surface area contributed by atoms with Gasteiger partial charge in [-0.15, -0.1) is 0 Å². The van der Waals surface area contributed by atoms with Crippen molar-refractivity contribution in [2.75, 3.05) is 19.8 Å². The summed E-state index contributed by atoms with van der Waals surface area (Å²) in [6.45, 7) is 2.14. The first-order chi connectivity index (χ1) is 9.66. The Balaban J connectivity index is 1.72. The molecule has 20 heavy (non-hydrogen) atoms. The van der Waals surface area contributed by atoms with Crippen molar-refractivity contribution in [3.8, 4) is 0 Å². The molecule has 1 aliphatic rings. The number of carbonyl (C=O) groups excluding carboxylic acids is 1. The molecule has 1 aromatic rings. The third kappa shape index (κ3) is 4.27. The van der Waals surface area contributed by atoms with Gasteiger partial charge in [0.15, 0.2) is 0 Å². The predicted molar refractivity (Wildman–Crippen MR) is 71.5 cm³/mol. The second-order valence-corrected chi connectivity index (χ2v) is 5.08. The lowest BCUT2D eigenvalue weighted by molar-refractivity contribution is 0.0631. The van der Waals surface area contributed by atoms with Crippen molar-refractivity contribution < 1.29 is 18.3 Å². The van der Waals surface area contributed by atoms with Crippen LogP contribution in [0.1, 0.15) is 36.0 Å². The summed E-state index contributed by atoms with van der Waals surface area (Å²) < 4.78 is 31.4. The van der Waals surface area contributed by atoms with Gasteiger partial charge < -0.3 is 10.1 Å². The minimum Gasteiger partial charge on any atom is -0.381 e. The molecule has 0 aromatic heterocycles. The number of ether oxygens (including phenoxy) is 1. The molecule has 0 unspecified atom stereocenters. The maximum Gasteiger partial charge on any atom is 0.254 e. The fourth-order valence-corrected chi connectivity index (χ4v) is 2.40. The van der Waals surface area contributed by atoms with Crippen LogP contribution < -0.4 is 5.32 Å². The molecule has 1 N–H and O–H groups in total. The molecule has 3 nitrogen and oxygen atoms in total. The van der Waals surface area contributed by atoms with Gasteiger partial charge in [-0.3, -0.25) is 4.79 Å². The topological polar surface area (TPSA) is 38.3 Å². The van der Waals surface area contributed by atoms with E-state index in [1.54, 1.807) is 0 Å². The summed E-state index contributed by atoms with van der Waals surface area (Å²) in [5, 5.41) is 2.67. The normalized spacial score (nSPS) is 16.1. The fourth-order valence-electron chi connectivity index (χ4n) is 2.40. The molecule has 1 heterocycles. The summed E-state index contributed by atoms with van der Waals surface area (Å²) in [5.41, 5.74) is -0.113. The molecule has 1 aromatic carbocycles. The van der Waals surface area contributed by atoms with Gasteiger partial charge in [0, 0.05) is 25.8 Å². The molecule has 0 spiro atoms. The van der Waals surface area contributed by atoms with Gasteiger partial charge in [-0.1, -0.05) is 0 Å². The van der Waals surface area contributed by atoms with Gasteiger partial charge in [0.2, 0.25) is 0 Å². The van der Waals surface area contributed by atoms with Crippen LogP contribution in [0.3, 0.4) is 0 Å². The summed E-state index contributed by atoms with van der Waals surface area (Å²) in [5.74, 6) is -1.34. The van der Waals surface area contributed by atoms with Crippen molar-refractivity contribution in [1.29, 1.82) is 0 Å². The summed E-state index contributed by atoms with van der Waals surface area (Å²) in [7, 11) is 0. The lowest BCUT2D eigenvalue weighted by atomic mass is 9.95. The maximum absolute atomic E-state index is 13.4. The molecule has 0 saturated carbocycles. The van der Waals surface area contributed by atoms with Crippen LogP contribution in [0.2, 0.25) is 0 Å². The first-order valence-corrected chi connectivity index (χ1v) is 6.98. The van der Waals surface area contributed by atoms with E-state index in [9.17, 15) is 13.6 Å². The number of hydrogen-bond donors (Lipinski definition) is 1. The second-order valence-electron chi connectivity index (χ2n) is 5.08. The molecule has 0 radical (unpaired) electrons. The molecule has 0 bridgehead atoms. The van der Waals surface area contributed by atoms with Gasteiger partial charge in [-0.2, -0.15) is 0 Å². The minimum atomic E-state index is -0.827. The Morgan fingerprint density at radius 1 is 1.30 bits per heavy atom. The SMILES string of the molecule is O=C(NCCCC1CCOCC1)c1ccc(F)cc1F. The second kappa shape index (κ2) is 7.33. The van der Waals surface area contributed by atoms with Crippen LogP contribution in [-0.2, 0) is 4.74 Å². The van der Waals surface area contributed by atoms with Gasteiger partial charge in [-0.25, -0.2) is 8.78 Å². The lowest BCUT2D eigenvalue weighted by Gasteiger charge is -2.21. The highest BCUT2D eigenvalue weighted by Gasteiger charge is 2.14. The number of hydrogen-bond acceptors (Lipinski definition) is 2. The summed E-state index contributed by atoms with van der Waals surface area (Å²) in [4.78, 5) is 11.7. The van der Waals surface area contributed by atoms with Crippen molar-refractivity contribution in [1.82, 2.24) is 5.32 Å². The van der Waals surface area contributed by atoms with Gasteiger partial charge >= 0.3 is 0 Å². The average Bonchev–Trinajstić information content (AvgIpc) is 2.44. The van der Waals surface area contributed by atoms with E-state index in [2.05, 4.69) is 5.32 Å². The van der Waals surface area contributed by atoms with Crippen LogP contribution >= 0.6 is 0 Å². The molecule has 1 fully saturated rings. The number of nitrogens with one attached hydrogen (secondary N) is 1. The first-order valence-electron chi connectivity index (χ1n) is 6.98. The van der Waals surface area contributed by atoms with Crippen LogP contribution in [0.15, 0.2) is 18.2 Å². The van der Waals surface area contributed by atoms with E-state index in [-0.39, 0.29) is 5.56 Å². The molecular weight excluding hydrogens is 264 g/mol. The van der Waals surface area contributed by atoms with E-state index in [1.165, 1.54) is 6.07 Å². The van der Waals surface area contributed by atoms with Crippen LogP contribution in [0.5, 0.6) is 0 Å². The van der Waals surface area contributed by atoms with Gasteiger partial charge in [0.1, 0.15) is 11.6 Å². The first kappa shape index (κ1) is 14.9. The maximum atomic E-state index is 13.4. The summed E-state index contributed by atoms with van der Waals surface area (Å²) in [6, 6.07) is 2.97. The van der Waals surface area contributed by atoms with E-state index < -0.39 is 17.5 Å².